The van der Waals surface area contributed by atoms with Crippen LogP contribution in [-0.4, -0.2) is 9.97 Å². The standard InChI is InChI=1S/C15H13FN4S/c16-9-4-1-3-8(7-9)13-18-14(20-17)12-10-5-2-6-11(10)21-15(12)19-13/h1,3-4,7H,2,5-6,17H2,(H,18,19,20). The highest BCUT2D eigenvalue weighted by Crippen LogP contribution is 2.40. The first-order valence-corrected chi connectivity index (χ1v) is 7.63. The molecule has 106 valence electrons. The zero-order chi connectivity index (χ0) is 14.4. The Balaban J connectivity index is 1.96. The molecule has 2 aromatic heterocycles. The first-order chi connectivity index (χ1) is 10.3. The van der Waals surface area contributed by atoms with Gasteiger partial charge < -0.3 is 5.43 Å². The van der Waals surface area contributed by atoms with Crippen LogP contribution < -0.4 is 11.3 Å². The maximum atomic E-state index is 13.4. The van der Waals surface area contributed by atoms with Crippen molar-refractivity contribution in [3.8, 4) is 11.4 Å². The summed E-state index contributed by atoms with van der Waals surface area (Å²) in [5.41, 5.74) is 4.64. The van der Waals surface area contributed by atoms with Crippen LogP contribution in [0, 0.1) is 5.82 Å². The topological polar surface area (TPSA) is 63.8 Å². The normalized spacial score (nSPS) is 13.6. The molecule has 0 unspecified atom stereocenters. The molecule has 21 heavy (non-hydrogen) atoms. The van der Waals surface area contributed by atoms with Crippen LogP contribution in [0.5, 0.6) is 0 Å². The summed E-state index contributed by atoms with van der Waals surface area (Å²) < 4.78 is 13.4. The molecule has 0 spiro atoms. The number of nitrogens with two attached hydrogens (primary N) is 1. The molecule has 0 aliphatic heterocycles. The molecule has 2 heterocycles. The van der Waals surface area contributed by atoms with Gasteiger partial charge in [-0.2, -0.15) is 0 Å². The van der Waals surface area contributed by atoms with Gasteiger partial charge in [0, 0.05) is 10.4 Å². The van der Waals surface area contributed by atoms with Crippen LogP contribution >= 0.6 is 11.3 Å². The molecule has 4 rings (SSSR count). The first-order valence-electron chi connectivity index (χ1n) is 6.81. The van der Waals surface area contributed by atoms with E-state index in [0.717, 1.165) is 23.1 Å². The van der Waals surface area contributed by atoms with Gasteiger partial charge in [-0.3, -0.25) is 0 Å². The summed E-state index contributed by atoms with van der Waals surface area (Å²) in [6.45, 7) is 0. The van der Waals surface area contributed by atoms with E-state index in [9.17, 15) is 4.39 Å². The molecule has 0 amide bonds. The SMILES string of the molecule is NNc1nc(-c2cccc(F)c2)nc2sc3c(c12)CCC3. The van der Waals surface area contributed by atoms with Crippen LogP contribution in [0.2, 0.25) is 0 Å². The second-order valence-electron chi connectivity index (χ2n) is 5.09. The molecule has 3 N–H and O–H groups in total. The minimum Gasteiger partial charge on any atom is -0.308 e. The number of nitrogens with zero attached hydrogens (tertiary/aromatic N) is 2. The molecule has 1 aliphatic carbocycles. The van der Waals surface area contributed by atoms with Gasteiger partial charge in [-0.05, 0) is 37.0 Å². The molecule has 0 fully saturated rings. The lowest BCUT2D eigenvalue weighted by Crippen LogP contribution is -2.10. The lowest BCUT2D eigenvalue weighted by atomic mass is 10.1. The molecule has 1 aliphatic rings. The largest absolute Gasteiger partial charge is 0.308 e. The Bertz CT molecular complexity index is 843. The van der Waals surface area contributed by atoms with Crippen molar-refractivity contribution < 1.29 is 4.39 Å². The highest BCUT2D eigenvalue weighted by atomic mass is 32.1. The summed E-state index contributed by atoms with van der Waals surface area (Å²) in [6.07, 6.45) is 3.31. The third-order valence-corrected chi connectivity index (χ3v) is 4.97. The van der Waals surface area contributed by atoms with E-state index in [1.54, 1.807) is 23.5 Å². The van der Waals surface area contributed by atoms with Crippen molar-refractivity contribution in [3.05, 3.63) is 40.5 Å². The Labute approximate surface area is 124 Å². The number of halogens is 1. The van der Waals surface area contributed by atoms with Crippen molar-refractivity contribution in [2.75, 3.05) is 5.43 Å². The second kappa shape index (κ2) is 4.75. The van der Waals surface area contributed by atoms with Crippen LogP contribution in [0.1, 0.15) is 16.9 Å². The van der Waals surface area contributed by atoms with Crippen molar-refractivity contribution >= 4 is 27.4 Å². The van der Waals surface area contributed by atoms with E-state index in [2.05, 4.69) is 15.4 Å². The van der Waals surface area contributed by atoms with Gasteiger partial charge in [0.1, 0.15) is 10.6 Å². The number of nitrogen functional groups attached to an aromatic ring is 1. The Morgan fingerprint density at radius 1 is 1.24 bits per heavy atom. The summed E-state index contributed by atoms with van der Waals surface area (Å²) >= 11 is 1.69. The van der Waals surface area contributed by atoms with E-state index in [-0.39, 0.29) is 5.82 Å². The monoisotopic (exact) mass is 300 g/mol. The van der Waals surface area contributed by atoms with Crippen molar-refractivity contribution in [2.45, 2.75) is 19.3 Å². The quantitative estimate of drug-likeness (QED) is 0.563. The smallest absolute Gasteiger partial charge is 0.163 e. The maximum absolute atomic E-state index is 13.4. The zero-order valence-electron chi connectivity index (χ0n) is 11.2. The third kappa shape index (κ3) is 1.99. The minimum atomic E-state index is -0.299. The number of hydrogen-bond acceptors (Lipinski definition) is 5. The van der Waals surface area contributed by atoms with Crippen molar-refractivity contribution in [1.82, 2.24) is 9.97 Å². The molecular formula is C15H13FN4S. The van der Waals surface area contributed by atoms with E-state index < -0.39 is 0 Å². The summed E-state index contributed by atoms with van der Waals surface area (Å²) in [7, 11) is 0. The summed E-state index contributed by atoms with van der Waals surface area (Å²) in [5, 5.41) is 1.02. The minimum absolute atomic E-state index is 0.299. The number of rotatable bonds is 2. The molecule has 0 saturated carbocycles. The predicted molar refractivity (Wildman–Crippen MR) is 82.6 cm³/mol. The fraction of sp³-hybridized carbons (Fsp3) is 0.200. The second-order valence-corrected chi connectivity index (χ2v) is 6.17. The lowest BCUT2D eigenvalue weighted by molar-refractivity contribution is 0.628. The van der Waals surface area contributed by atoms with Crippen LogP contribution in [-0.2, 0) is 12.8 Å². The molecular weight excluding hydrogens is 287 g/mol. The Morgan fingerprint density at radius 3 is 2.95 bits per heavy atom. The predicted octanol–water partition coefficient (Wildman–Crippen LogP) is 3.27. The van der Waals surface area contributed by atoms with Gasteiger partial charge in [0.05, 0.1) is 5.39 Å². The van der Waals surface area contributed by atoms with Gasteiger partial charge in [-0.25, -0.2) is 20.2 Å². The Hall–Kier alpha value is -2.05. The Morgan fingerprint density at radius 2 is 2.14 bits per heavy atom. The van der Waals surface area contributed by atoms with Gasteiger partial charge >= 0.3 is 0 Å². The number of hydrogen-bond donors (Lipinski definition) is 2. The fourth-order valence-electron chi connectivity index (χ4n) is 2.86. The average Bonchev–Trinajstić information content (AvgIpc) is 3.06. The van der Waals surface area contributed by atoms with Crippen LogP contribution in [0.4, 0.5) is 10.2 Å². The number of nitrogens with one attached hydrogen (secondary N) is 1. The average molecular weight is 300 g/mol. The number of aromatic nitrogens is 2. The number of benzene rings is 1. The summed E-state index contributed by atoms with van der Waals surface area (Å²) in [6, 6.07) is 6.29. The van der Waals surface area contributed by atoms with E-state index in [4.69, 9.17) is 5.84 Å². The number of thiophene rings is 1. The maximum Gasteiger partial charge on any atom is 0.163 e. The molecule has 0 radical (unpaired) electrons. The van der Waals surface area contributed by atoms with Gasteiger partial charge in [0.25, 0.3) is 0 Å². The van der Waals surface area contributed by atoms with Gasteiger partial charge in [0.15, 0.2) is 11.6 Å². The number of aryl methyl sites for hydroxylation is 2. The highest BCUT2D eigenvalue weighted by Gasteiger charge is 2.22. The van der Waals surface area contributed by atoms with Crippen LogP contribution in [0.25, 0.3) is 21.6 Å². The first kappa shape index (κ1) is 12.7. The third-order valence-electron chi connectivity index (χ3n) is 3.78. The van der Waals surface area contributed by atoms with Crippen molar-refractivity contribution in [2.24, 2.45) is 5.84 Å². The molecule has 1 aromatic carbocycles. The van der Waals surface area contributed by atoms with E-state index in [1.165, 1.54) is 29.0 Å². The number of hydrazine groups is 1. The Kier molecular flexibility index (Phi) is 2.87. The van der Waals surface area contributed by atoms with Gasteiger partial charge in [-0.15, -0.1) is 11.3 Å². The van der Waals surface area contributed by atoms with Crippen molar-refractivity contribution in [1.29, 1.82) is 0 Å². The summed E-state index contributed by atoms with van der Waals surface area (Å²) in [4.78, 5) is 11.4. The van der Waals surface area contributed by atoms with E-state index in [1.807, 2.05) is 0 Å². The number of anilines is 1. The van der Waals surface area contributed by atoms with Crippen LogP contribution in [0.15, 0.2) is 24.3 Å². The van der Waals surface area contributed by atoms with E-state index >= 15 is 0 Å². The molecule has 0 saturated heterocycles. The molecule has 6 heteroatoms. The number of fused-ring (bicyclic) bond motifs is 3. The van der Waals surface area contributed by atoms with E-state index in [0.29, 0.717) is 17.2 Å². The fourth-order valence-corrected chi connectivity index (χ4v) is 4.12. The molecule has 3 aromatic rings. The van der Waals surface area contributed by atoms with Crippen molar-refractivity contribution in [3.63, 3.8) is 0 Å². The lowest BCUT2D eigenvalue weighted by Gasteiger charge is -2.07. The molecule has 0 bridgehead atoms. The van der Waals surface area contributed by atoms with Gasteiger partial charge in [0.2, 0.25) is 0 Å². The summed E-state index contributed by atoms with van der Waals surface area (Å²) in [5.74, 6) is 6.46. The van der Waals surface area contributed by atoms with Gasteiger partial charge in [-0.1, -0.05) is 12.1 Å². The highest BCUT2D eigenvalue weighted by molar-refractivity contribution is 7.19. The van der Waals surface area contributed by atoms with Crippen LogP contribution in [0.3, 0.4) is 0 Å². The zero-order valence-corrected chi connectivity index (χ0v) is 12.0. The molecule has 0 atom stereocenters. The molecule has 4 nitrogen and oxygen atoms in total.